The monoisotopic (exact) mass is 229 g/mol. The minimum absolute atomic E-state index is 0.0150. The van der Waals surface area contributed by atoms with E-state index < -0.39 is 0 Å². The second-order valence-corrected chi connectivity index (χ2v) is 5.22. The van der Waals surface area contributed by atoms with Gasteiger partial charge in [-0.3, -0.25) is 4.79 Å². The lowest BCUT2D eigenvalue weighted by Gasteiger charge is -2.17. The molecule has 1 fully saturated rings. The second kappa shape index (κ2) is 6.21. The summed E-state index contributed by atoms with van der Waals surface area (Å²) in [4.78, 5) is 11.5. The minimum Gasteiger partial charge on any atom is -0.382 e. The van der Waals surface area contributed by atoms with Crippen molar-refractivity contribution in [1.82, 2.24) is 5.32 Å². The van der Waals surface area contributed by atoms with E-state index in [9.17, 15) is 4.79 Å². The maximum Gasteiger partial charge on any atom is 0.246 e. The first-order chi connectivity index (χ1) is 7.53. The summed E-state index contributed by atoms with van der Waals surface area (Å²) in [6.07, 6.45) is 3.33. The molecular formula is C12H23NO3. The van der Waals surface area contributed by atoms with Crippen molar-refractivity contribution in [1.29, 1.82) is 0 Å². The number of rotatable bonds is 6. The Balaban J connectivity index is 2.11. The molecule has 1 atom stereocenters. The molecule has 0 heterocycles. The summed E-state index contributed by atoms with van der Waals surface area (Å²) in [5, 5.41) is 3.01. The van der Waals surface area contributed by atoms with Gasteiger partial charge in [0.2, 0.25) is 5.91 Å². The van der Waals surface area contributed by atoms with E-state index in [0.29, 0.717) is 24.7 Å². The van der Waals surface area contributed by atoms with Gasteiger partial charge in [0.25, 0.3) is 0 Å². The molecule has 0 radical (unpaired) electrons. The van der Waals surface area contributed by atoms with Crippen LogP contribution in [-0.2, 0) is 14.3 Å². The van der Waals surface area contributed by atoms with E-state index in [2.05, 4.69) is 19.2 Å². The van der Waals surface area contributed by atoms with Gasteiger partial charge < -0.3 is 14.8 Å². The van der Waals surface area contributed by atoms with Gasteiger partial charge in [-0.05, 0) is 24.7 Å². The number of carbonyl (C=O) groups excluding carboxylic acids is 1. The molecule has 1 amide bonds. The SMILES string of the molecule is COCCOCC(=O)NC1CCC(C)(C)C1. The quantitative estimate of drug-likeness (QED) is 0.699. The number of carbonyl (C=O) groups is 1. The summed E-state index contributed by atoms with van der Waals surface area (Å²) >= 11 is 0. The van der Waals surface area contributed by atoms with E-state index in [0.717, 1.165) is 12.8 Å². The van der Waals surface area contributed by atoms with Crippen LogP contribution in [-0.4, -0.2) is 38.9 Å². The van der Waals surface area contributed by atoms with Crippen molar-refractivity contribution in [2.45, 2.75) is 39.2 Å². The Bertz CT molecular complexity index is 228. The van der Waals surface area contributed by atoms with E-state index in [4.69, 9.17) is 9.47 Å². The molecule has 4 heteroatoms. The third-order valence-electron chi connectivity index (χ3n) is 3.00. The van der Waals surface area contributed by atoms with Crippen LogP contribution in [0.3, 0.4) is 0 Å². The van der Waals surface area contributed by atoms with Crippen LogP contribution >= 0.6 is 0 Å². The van der Waals surface area contributed by atoms with Crippen LogP contribution in [0.25, 0.3) is 0 Å². The van der Waals surface area contributed by atoms with Gasteiger partial charge in [0, 0.05) is 13.2 Å². The van der Waals surface area contributed by atoms with E-state index in [1.165, 1.54) is 6.42 Å². The predicted molar refractivity (Wildman–Crippen MR) is 62.3 cm³/mol. The fourth-order valence-corrected chi connectivity index (χ4v) is 2.14. The molecule has 1 N–H and O–H groups in total. The van der Waals surface area contributed by atoms with Crippen molar-refractivity contribution in [3.8, 4) is 0 Å². The molecule has 0 aromatic rings. The molecule has 1 unspecified atom stereocenters. The third-order valence-corrected chi connectivity index (χ3v) is 3.00. The molecule has 0 aromatic heterocycles. The lowest BCUT2D eigenvalue weighted by Crippen LogP contribution is -2.36. The van der Waals surface area contributed by atoms with Crippen LogP contribution in [0.2, 0.25) is 0 Å². The van der Waals surface area contributed by atoms with Gasteiger partial charge in [-0.1, -0.05) is 13.8 Å². The van der Waals surface area contributed by atoms with Crippen molar-refractivity contribution < 1.29 is 14.3 Å². The first-order valence-corrected chi connectivity index (χ1v) is 5.89. The molecule has 0 bridgehead atoms. The van der Waals surface area contributed by atoms with Gasteiger partial charge in [0.1, 0.15) is 6.61 Å². The number of hydrogen-bond donors (Lipinski definition) is 1. The molecule has 4 nitrogen and oxygen atoms in total. The number of hydrogen-bond acceptors (Lipinski definition) is 3. The maximum atomic E-state index is 11.5. The van der Waals surface area contributed by atoms with E-state index in [1.54, 1.807) is 7.11 Å². The van der Waals surface area contributed by atoms with E-state index in [-0.39, 0.29) is 12.5 Å². The summed E-state index contributed by atoms with van der Waals surface area (Å²) in [6, 6.07) is 0.327. The highest BCUT2D eigenvalue weighted by Crippen LogP contribution is 2.36. The van der Waals surface area contributed by atoms with Crippen molar-refractivity contribution in [3.63, 3.8) is 0 Å². The molecule has 1 aliphatic carbocycles. The average molecular weight is 229 g/mol. The van der Waals surface area contributed by atoms with Crippen LogP contribution in [0, 0.1) is 5.41 Å². The fourth-order valence-electron chi connectivity index (χ4n) is 2.14. The van der Waals surface area contributed by atoms with Crippen LogP contribution in [0.4, 0.5) is 0 Å². The summed E-state index contributed by atoms with van der Waals surface area (Å²) in [5.41, 5.74) is 0.370. The van der Waals surface area contributed by atoms with Gasteiger partial charge >= 0.3 is 0 Å². The largest absolute Gasteiger partial charge is 0.382 e. The molecule has 1 saturated carbocycles. The standard InChI is InChI=1S/C12H23NO3/c1-12(2)5-4-10(8-12)13-11(14)9-16-7-6-15-3/h10H,4-9H2,1-3H3,(H,13,14). The van der Waals surface area contributed by atoms with Gasteiger partial charge in [0.05, 0.1) is 13.2 Å². The maximum absolute atomic E-state index is 11.5. The summed E-state index contributed by atoms with van der Waals surface area (Å²) in [6.45, 7) is 5.63. The van der Waals surface area contributed by atoms with E-state index >= 15 is 0 Å². The number of methoxy groups -OCH3 is 1. The van der Waals surface area contributed by atoms with Gasteiger partial charge in [0.15, 0.2) is 0 Å². The average Bonchev–Trinajstić information content (AvgIpc) is 2.53. The van der Waals surface area contributed by atoms with Crippen LogP contribution < -0.4 is 5.32 Å². The zero-order valence-corrected chi connectivity index (χ0v) is 10.5. The highest BCUT2D eigenvalue weighted by Gasteiger charge is 2.31. The number of ether oxygens (including phenoxy) is 2. The van der Waals surface area contributed by atoms with Gasteiger partial charge in [-0.25, -0.2) is 0 Å². The zero-order chi connectivity index (χ0) is 12.0. The van der Waals surface area contributed by atoms with Crippen LogP contribution in [0.1, 0.15) is 33.1 Å². The smallest absolute Gasteiger partial charge is 0.246 e. The lowest BCUT2D eigenvalue weighted by molar-refractivity contribution is -0.126. The topological polar surface area (TPSA) is 47.6 Å². The molecule has 94 valence electrons. The normalized spacial score (nSPS) is 23.3. The van der Waals surface area contributed by atoms with Crippen molar-refractivity contribution in [2.24, 2.45) is 5.41 Å². The molecule has 0 saturated heterocycles. The van der Waals surface area contributed by atoms with E-state index in [1.807, 2.05) is 0 Å². The molecule has 1 aliphatic rings. The first-order valence-electron chi connectivity index (χ1n) is 5.89. The molecule has 0 spiro atoms. The van der Waals surface area contributed by atoms with Crippen molar-refractivity contribution in [3.05, 3.63) is 0 Å². The first kappa shape index (κ1) is 13.5. The predicted octanol–water partition coefficient (Wildman–Crippen LogP) is 1.34. The highest BCUT2D eigenvalue weighted by molar-refractivity contribution is 5.77. The van der Waals surface area contributed by atoms with Gasteiger partial charge in [-0.2, -0.15) is 0 Å². The Morgan fingerprint density at radius 1 is 1.44 bits per heavy atom. The summed E-state index contributed by atoms with van der Waals surface area (Å²) in [7, 11) is 1.62. The number of amides is 1. The molecule has 1 rings (SSSR count). The number of nitrogens with one attached hydrogen (secondary N) is 1. The molecule has 0 aliphatic heterocycles. The molecule has 16 heavy (non-hydrogen) atoms. The Morgan fingerprint density at radius 3 is 2.75 bits per heavy atom. The Labute approximate surface area is 97.7 Å². The fraction of sp³-hybridized carbons (Fsp3) is 0.917. The highest BCUT2D eigenvalue weighted by atomic mass is 16.5. The van der Waals surface area contributed by atoms with Crippen LogP contribution in [0.5, 0.6) is 0 Å². The summed E-state index contributed by atoms with van der Waals surface area (Å²) < 4.78 is 9.99. The third kappa shape index (κ3) is 4.94. The van der Waals surface area contributed by atoms with Gasteiger partial charge in [-0.15, -0.1) is 0 Å². The van der Waals surface area contributed by atoms with Crippen molar-refractivity contribution >= 4 is 5.91 Å². The minimum atomic E-state index is -0.0150. The van der Waals surface area contributed by atoms with Crippen molar-refractivity contribution in [2.75, 3.05) is 26.9 Å². The van der Waals surface area contributed by atoms with Crippen LogP contribution in [0.15, 0.2) is 0 Å². The Hall–Kier alpha value is -0.610. The summed E-state index contributed by atoms with van der Waals surface area (Å²) in [5.74, 6) is -0.0150. The second-order valence-electron chi connectivity index (χ2n) is 5.22. The zero-order valence-electron chi connectivity index (χ0n) is 10.5. The Kier molecular flexibility index (Phi) is 5.22. The lowest BCUT2D eigenvalue weighted by atomic mass is 9.92. The Morgan fingerprint density at radius 2 is 2.19 bits per heavy atom. The molecule has 0 aromatic carbocycles. The molecular weight excluding hydrogens is 206 g/mol.